The normalized spacial score (nSPS) is 11.8. The first-order valence-corrected chi connectivity index (χ1v) is 5.23. The second-order valence-corrected chi connectivity index (χ2v) is 4.63. The predicted octanol–water partition coefficient (Wildman–Crippen LogP) is -0.724. The number of hydrogen-bond donors (Lipinski definition) is 2. The summed E-state index contributed by atoms with van der Waals surface area (Å²) in [7, 11) is 13.9. The zero-order valence-corrected chi connectivity index (χ0v) is 7.38. The lowest BCUT2D eigenvalue weighted by Gasteiger charge is -2.21. The largest absolute Gasteiger partial charge is 0.331 e. The van der Waals surface area contributed by atoms with Crippen LogP contribution in [0.3, 0.4) is 0 Å². The van der Waals surface area contributed by atoms with Crippen LogP contribution >= 0.6 is 21.6 Å². The molecule has 0 atom stereocenters. The molecule has 4 radical (unpaired) electrons. The number of rotatable bonds is 5. The van der Waals surface area contributed by atoms with Crippen molar-refractivity contribution < 1.29 is 0 Å². The lowest BCUT2D eigenvalue weighted by atomic mass is 9.70. The standard InChI is InChI=1S/C4H10B2N2S2/c5-4(6,3-8)10-9-2-1-7/h1-3,7-8H2. The van der Waals surface area contributed by atoms with Gasteiger partial charge in [0.25, 0.3) is 0 Å². The van der Waals surface area contributed by atoms with Gasteiger partial charge in [-0.3, -0.25) is 0 Å². The molecule has 6 heteroatoms. The smallest absolute Gasteiger partial charge is 0.0791 e. The van der Waals surface area contributed by atoms with Crippen LogP contribution < -0.4 is 11.5 Å². The third-order valence-corrected chi connectivity index (χ3v) is 3.52. The lowest BCUT2D eigenvalue weighted by molar-refractivity contribution is 1.04. The van der Waals surface area contributed by atoms with Crippen LogP contribution in [0.5, 0.6) is 0 Å². The highest BCUT2D eigenvalue weighted by molar-refractivity contribution is 8.77. The van der Waals surface area contributed by atoms with Crippen LogP contribution in [-0.2, 0) is 0 Å². The minimum atomic E-state index is -0.806. The van der Waals surface area contributed by atoms with Crippen LogP contribution in [0.1, 0.15) is 0 Å². The summed E-state index contributed by atoms with van der Waals surface area (Å²) >= 11 is 0. The molecule has 0 aromatic carbocycles. The minimum Gasteiger partial charge on any atom is -0.331 e. The van der Waals surface area contributed by atoms with Gasteiger partial charge in [0.05, 0.1) is 15.7 Å². The fourth-order valence-corrected chi connectivity index (χ4v) is 2.10. The van der Waals surface area contributed by atoms with E-state index in [-0.39, 0.29) is 6.54 Å². The molecule has 0 aromatic rings. The van der Waals surface area contributed by atoms with Crippen molar-refractivity contribution in [1.29, 1.82) is 0 Å². The zero-order chi connectivity index (χ0) is 8.04. The first-order valence-electron chi connectivity index (χ1n) is 2.91. The Balaban J connectivity index is 3.28. The van der Waals surface area contributed by atoms with E-state index in [1.54, 1.807) is 10.8 Å². The average molecular weight is 172 g/mol. The van der Waals surface area contributed by atoms with Gasteiger partial charge in [0, 0.05) is 12.3 Å². The Morgan fingerprint density at radius 3 is 2.30 bits per heavy atom. The summed E-state index contributed by atoms with van der Waals surface area (Å²) in [4.78, 5) is 0. The predicted molar refractivity (Wildman–Crippen MR) is 52.4 cm³/mol. The molecule has 0 unspecified atom stereocenters. The molecule has 0 bridgehead atoms. The van der Waals surface area contributed by atoms with E-state index in [9.17, 15) is 0 Å². The molecule has 0 aliphatic heterocycles. The first kappa shape index (κ1) is 10.7. The second-order valence-electron chi connectivity index (χ2n) is 1.85. The summed E-state index contributed by atoms with van der Waals surface area (Å²) in [6.45, 7) is 0.910. The van der Waals surface area contributed by atoms with Crippen LogP contribution in [0, 0.1) is 0 Å². The van der Waals surface area contributed by atoms with Crippen molar-refractivity contribution in [2.24, 2.45) is 11.5 Å². The van der Waals surface area contributed by atoms with Crippen LogP contribution in [0.4, 0.5) is 0 Å². The van der Waals surface area contributed by atoms with Crippen molar-refractivity contribution in [3.63, 3.8) is 0 Å². The molecule has 4 N–H and O–H groups in total. The van der Waals surface area contributed by atoms with Crippen LogP contribution in [0.2, 0.25) is 0 Å². The molecule has 0 aliphatic carbocycles. The zero-order valence-electron chi connectivity index (χ0n) is 5.75. The van der Waals surface area contributed by atoms with E-state index >= 15 is 0 Å². The quantitative estimate of drug-likeness (QED) is 0.326. The molecule has 10 heavy (non-hydrogen) atoms. The van der Waals surface area contributed by atoms with Gasteiger partial charge in [-0.1, -0.05) is 10.8 Å². The van der Waals surface area contributed by atoms with E-state index in [2.05, 4.69) is 0 Å². The summed E-state index contributed by atoms with van der Waals surface area (Å²) < 4.78 is -0.806. The van der Waals surface area contributed by atoms with Gasteiger partial charge in [-0.25, -0.2) is 0 Å². The monoisotopic (exact) mass is 172 g/mol. The van der Waals surface area contributed by atoms with E-state index < -0.39 is 4.55 Å². The fraction of sp³-hybridized carbons (Fsp3) is 1.00. The molecule has 0 saturated heterocycles. The second kappa shape index (κ2) is 5.41. The van der Waals surface area contributed by atoms with Gasteiger partial charge < -0.3 is 11.5 Å². The van der Waals surface area contributed by atoms with Crippen molar-refractivity contribution in [2.75, 3.05) is 18.8 Å². The van der Waals surface area contributed by atoms with Crippen molar-refractivity contribution >= 4 is 37.3 Å². The maximum atomic E-state index is 5.51. The minimum absolute atomic E-state index is 0.273. The molecular weight excluding hydrogens is 162 g/mol. The van der Waals surface area contributed by atoms with E-state index in [1.807, 2.05) is 0 Å². The molecule has 54 valence electrons. The van der Waals surface area contributed by atoms with Crippen molar-refractivity contribution in [2.45, 2.75) is 4.55 Å². The van der Waals surface area contributed by atoms with Crippen molar-refractivity contribution in [1.82, 2.24) is 0 Å². The Morgan fingerprint density at radius 2 is 1.90 bits per heavy atom. The molecule has 0 aromatic heterocycles. The lowest BCUT2D eigenvalue weighted by Crippen LogP contribution is -2.34. The van der Waals surface area contributed by atoms with Crippen molar-refractivity contribution in [3.05, 3.63) is 0 Å². The summed E-state index contributed by atoms with van der Waals surface area (Å²) in [5.41, 5.74) is 10.5. The first-order chi connectivity index (χ1) is 4.62. The summed E-state index contributed by atoms with van der Waals surface area (Å²) in [6, 6.07) is 0. The van der Waals surface area contributed by atoms with Crippen molar-refractivity contribution in [3.8, 4) is 0 Å². The van der Waals surface area contributed by atoms with Gasteiger partial charge in [0.15, 0.2) is 0 Å². The van der Waals surface area contributed by atoms with Crippen LogP contribution in [0.15, 0.2) is 0 Å². The van der Waals surface area contributed by atoms with Crippen LogP contribution in [0.25, 0.3) is 0 Å². The van der Waals surface area contributed by atoms with Gasteiger partial charge in [0.1, 0.15) is 0 Å². The highest BCUT2D eigenvalue weighted by atomic mass is 33.1. The molecule has 0 fully saturated rings. The summed E-state index contributed by atoms with van der Waals surface area (Å²) in [6.07, 6.45) is 0. The van der Waals surface area contributed by atoms with Gasteiger partial charge >= 0.3 is 0 Å². The number of hydrogen-bond acceptors (Lipinski definition) is 4. The third kappa shape index (κ3) is 5.53. The van der Waals surface area contributed by atoms with E-state index in [4.69, 9.17) is 27.2 Å². The molecule has 0 rings (SSSR count). The SMILES string of the molecule is [B]C([B])(CN)SSCCN. The maximum Gasteiger partial charge on any atom is 0.0791 e. The summed E-state index contributed by atoms with van der Waals surface area (Å²) in [5, 5.41) is 0. The number of nitrogens with two attached hydrogens (primary N) is 2. The Kier molecular flexibility index (Phi) is 5.81. The highest BCUT2D eigenvalue weighted by Crippen LogP contribution is 2.29. The Hall–Kier alpha value is 0.750. The third-order valence-electron chi connectivity index (χ3n) is 0.734. The van der Waals surface area contributed by atoms with Gasteiger partial charge in [-0.05, 0) is 11.1 Å². The van der Waals surface area contributed by atoms with E-state index in [0.717, 1.165) is 5.75 Å². The van der Waals surface area contributed by atoms with Gasteiger partial charge in [0.2, 0.25) is 0 Å². The molecule has 0 aliphatic rings. The fourth-order valence-electron chi connectivity index (χ4n) is 0.234. The molecule has 0 saturated carbocycles. The summed E-state index contributed by atoms with van der Waals surface area (Å²) in [5.74, 6) is 0.848. The molecule has 0 spiro atoms. The molecule has 0 heterocycles. The highest BCUT2D eigenvalue weighted by Gasteiger charge is 2.14. The molecular formula is C4H10B2N2S2. The average Bonchev–Trinajstić information content (AvgIpc) is 1.89. The topological polar surface area (TPSA) is 52.0 Å². The van der Waals surface area contributed by atoms with E-state index in [0.29, 0.717) is 6.54 Å². The Morgan fingerprint density at radius 1 is 1.30 bits per heavy atom. The van der Waals surface area contributed by atoms with Gasteiger partial charge in [-0.15, -0.1) is 10.8 Å². The maximum absolute atomic E-state index is 5.51. The Bertz CT molecular complexity index is 91.3. The molecule has 2 nitrogen and oxygen atoms in total. The Labute approximate surface area is 72.5 Å². The van der Waals surface area contributed by atoms with E-state index in [1.165, 1.54) is 10.8 Å². The molecule has 0 amide bonds. The van der Waals surface area contributed by atoms with Crippen LogP contribution in [-0.4, -0.2) is 39.1 Å². The van der Waals surface area contributed by atoms with Gasteiger partial charge in [-0.2, -0.15) is 0 Å².